The number of carbonyl (C=O) groups is 1. The van der Waals surface area contributed by atoms with Crippen LogP contribution in [0.1, 0.15) is 19.3 Å². The van der Waals surface area contributed by atoms with Gasteiger partial charge in [0.25, 0.3) is 0 Å². The van der Waals surface area contributed by atoms with Crippen LogP contribution in [0.5, 0.6) is 0 Å². The van der Waals surface area contributed by atoms with Crippen LogP contribution in [0.25, 0.3) is 0 Å². The Labute approximate surface area is 72.1 Å². The molecular weight excluding hydrogens is 156 g/mol. The minimum Gasteiger partial charge on any atom is -0.396 e. The summed E-state index contributed by atoms with van der Waals surface area (Å²) >= 11 is 0. The Morgan fingerprint density at radius 1 is 1.58 bits per heavy atom. The molecule has 0 aromatic rings. The van der Waals surface area contributed by atoms with E-state index in [1.165, 1.54) is 0 Å². The number of hydrogen-bond acceptors (Lipinski definition) is 3. The molecule has 1 rings (SSSR count). The topological polar surface area (TPSA) is 75.4 Å². The number of piperidine rings is 1. The Morgan fingerprint density at radius 3 is 2.75 bits per heavy atom. The van der Waals surface area contributed by atoms with Crippen molar-refractivity contribution in [2.24, 2.45) is 11.7 Å². The smallest absolute Gasteiger partial charge is 0.221 e. The van der Waals surface area contributed by atoms with E-state index < -0.39 is 0 Å². The van der Waals surface area contributed by atoms with Crippen LogP contribution in [-0.4, -0.2) is 30.2 Å². The maximum atomic E-state index is 10.8. The predicted octanol–water partition coefficient (Wildman–Crippen LogP) is -0.778. The highest BCUT2D eigenvalue weighted by molar-refractivity contribution is 5.76. The number of carbonyl (C=O) groups excluding carboxylic acids is 1. The maximum absolute atomic E-state index is 10.8. The molecule has 1 fully saturated rings. The first-order valence-corrected chi connectivity index (χ1v) is 4.37. The quantitative estimate of drug-likeness (QED) is 0.523. The number of amides is 1. The Hall–Kier alpha value is -0.610. The third-order valence-electron chi connectivity index (χ3n) is 2.40. The number of nitrogens with one attached hydrogen (secondary N) is 1. The number of aliphatic hydroxyl groups is 1. The van der Waals surface area contributed by atoms with E-state index in [9.17, 15) is 4.79 Å². The Balaban J connectivity index is 2.25. The van der Waals surface area contributed by atoms with Gasteiger partial charge in [0.05, 0.1) is 5.92 Å². The van der Waals surface area contributed by atoms with E-state index in [0.29, 0.717) is 12.6 Å². The molecule has 0 aromatic heterocycles. The van der Waals surface area contributed by atoms with Gasteiger partial charge in [-0.1, -0.05) is 0 Å². The summed E-state index contributed by atoms with van der Waals surface area (Å²) in [6.07, 6.45) is 2.56. The zero-order valence-electron chi connectivity index (χ0n) is 7.12. The van der Waals surface area contributed by atoms with E-state index in [0.717, 1.165) is 19.3 Å². The molecule has 0 bridgehead atoms. The van der Waals surface area contributed by atoms with Crippen molar-refractivity contribution in [1.82, 2.24) is 5.32 Å². The first-order valence-electron chi connectivity index (χ1n) is 4.37. The molecule has 0 radical (unpaired) electrons. The highest BCUT2D eigenvalue weighted by Gasteiger charge is 2.23. The van der Waals surface area contributed by atoms with Crippen LogP contribution < -0.4 is 11.1 Å². The molecule has 4 nitrogen and oxygen atoms in total. The number of primary amides is 1. The van der Waals surface area contributed by atoms with Gasteiger partial charge >= 0.3 is 0 Å². The van der Waals surface area contributed by atoms with Gasteiger partial charge in [0.2, 0.25) is 5.91 Å². The molecular formula is C8H16N2O2. The summed E-state index contributed by atoms with van der Waals surface area (Å²) in [6.45, 7) is 0.874. The molecule has 1 amide bonds. The second-order valence-corrected chi connectivity index (χ2v) is 3.29. The normalized spacial score (nSPS) is 30.1. The van der Waals surface area contributed by atoms with Crippen molar-refractivity contribution in [3.63, 3.8) is 0 Å². The van der Waals surface area contributed by atoms with Crippen LogP contribution in [0, 0.1) is 5.92 Å². The highest BCUT2D eigenvalue weighted by atomic mass is 16.3. The van der Waals surface area contributed by atoms with Gasteiger partial charge in [0.15, 0.2) is 0 Å². The SMILES string of the molecule is NC(=O)C1CCC(CCO)NC1. The molecule has 4 N–H and O–H groups in total. The van der Waals surface area contributed by atoms with Crippen molar-refractivity contribution in [2.45, 2.75) is 25.3 Å². The third-order valence-corrected chi connectivity index (χ3v) is 2.40. The minimum absolute atomic E-state index is 0.0139. The third kappa shape index (κ3) is 2.46. The monoisotopic (exact) mass is 172 g/mol. The summed E-state index contributed by atoms with van der Waals surface area (Å²) < 4.78 is 0. The fourth-order valence-corrected chi connectivity index (χ4v) is 1.56. The van der Waals surface area contributed by atoms with E-state index in [-0.39, 0.29) is 18.4 Å². The first kappa shape index (κ1) is 9.48. The predicted molar refractivity (Wildman–Crippen MR) is 45.4 cm³/mol. The standard InChI is InChI=1S/C8H16N2O2/c9-8(12)6-1-2-7(3-4-11)10-5-6/h6-7,10-11H,1-5H2,(H2,9,12). The molecule has 4 heteroatoms. The summed E-state index contributed by atoms with van der Waals surface area (Å²) in [4.78, 5) is 10.8. The van der Waals surface area contributed by atoms with Gasteiger partial charge in [-0.3, -0.25) is 4.79 Å². The zero-order chi connectivity index (χ0) is 8.97. The summed E-state index contributed by atoms with van der Waals surface area (Å²) in [7, 11) is 0. The summed E-state index contributed by atoms with van der Waals surface area (Å²) in [5, 5.41) is 11.9. The number of aliphatic hydroxyl groups excluding tert-OH is 1. The second kappa shape index (κ2) is 4.42. The molecule has 1 aliphatic heterocycles. The maximum Gasteiger partial charge on any atom is 0.221 e. The van der Waals surface area contributed by atoms with Crippen molar-refractivity contribution in [3.8, 4) is 0 Å². The van der Waals surface area contributed by atoms with Gasteiger partial charge in [-0.15, -0.1) is 0 Å². The molecule has 70 valence electrons. The van der Waals surface area contributed by atoms with E-state index in [4.69, 9.17) is 10.8 Å². The van der Waals surface area contributed by atoms with E-state index in [1.54, 1.807) is 0 Å². The van der Waals surface area contributed by atoms with Crippen LogP contribution in [0.15, 0.2) is 0 Å². The summed E-state index contributed by atoms with van der Waals surface area (Å²) in [6, 6.07) is 0.366. The lowest BCUT2D eigenvalue weighted by atomic mass is 9.93. The van der Waals surface area contributed by atoms with Crippen LogP contribution in [0.2, 0.25) is 0 Å². The van der Waals surface area contributed by atoms with Gasteiger partial charge in [-0.05, 0) is 19.3 Å². The Kier molecular flexibility index (Phi) is 3.49. The van der Waals surface area contributed by atoms with E-state index >= 15 is 0 Å². The lowest BCUT2D eigenvalue weighted by molar-refractivity contribution is -0.122. The van der Waals surface area contributed by atoms with Gasteiger partial charge in [-0.25, -0.2) is 0 Å². The number of nitrogens with two attached hydrogens (primary N) is 1. The molecule has 12 heavy (non-hydrogen) atoms. The number of rotatable bonds is 3. The molecule has 1 heterocycles. The largest absolute Gasteiger partial charge is 0.396 e. The van der Waals surface area contributed by atoms with Crippen LogP contribution >= 0.6 is 0 Å². The van der Waals surface area contributed by atoms with Gasteiger partial charge in [0, 0.05) is 19.2 Å². The first-order chi connectivity index (χ1) is 5.74. The average molecular weight is 172 g/mol. The molecule has 1 saturated heterocycles. The van der Waals surface area contributed by atoms with Gasteiger partial charge in [-0.2, -0.15) is 0 Å². The fraction of sp³-hybridized carbons (Fsp3) is 0.875. The fourth-order valence-electron chi connectivity index (χ4n) is 1.56. The minimum atomic E-state index is -0.218. The van der Waals surface area contributed by atoms with Gasteiger partial charge in [0.1, 0.15) is 0 Å². The summed E-state index contributed by atoms with van der Waals surface area (Å²) in [5.74, 6) is -0.232. The van der Waals surface area contributed by atoms with Crippen molar-refractivity contribution in [3.05, 3.63) is 0 Å². The summed E-state index contributed by atoms with van der Waals surface area (Å²) in [5.41, 5.74) is 5.16. The van der Waals surface area contributed by atoms with Crippen molar-refractivity contribution < 1.29 is 9.90 Å². The van der Waals surface area contributed by atoms with Crippen LogP contribution in [0.4, 0.5) is 0 Å². The lowest BCUT2D eigenvalue weighted by Crippen LogP contribution is -2.43. The van der Waals surface area contributed by atoms with Crippen molar-refractivity contribution in [1.29, 1.82) is 0 Å². The Bertz CT molecular complexity index is 153. The highest BCUT2D eigenvalue weighted by Crippen LogP contribution is 2.15. The van der Waals surface area contributed by atoms with Gasteiger partial charge < -0.3 is 16.2 Å². The second-order valence-electron chi connectivity index (χ2n) is 3.29. The van der Waals surface area contributed by atoms with Crippen LogP contribution in [0.3, 0.4) is 0 Å². The molecule has 0 aromatic carbocycles. The lowest BCUT2D eigenvalue weighted by Gasteiger charge is -2.27. The van der Waals surface area contributed by atoms with E-state index in [2.05, 4.69) is 5.32 Å². The molecule has 2 unspecified atom stereocenters. The number of hydrogen-bond donors (Lipinski definition) is 3. The van der Waals surface area contributed by atoms with E-state index in [1.807, 2.05) is 0 Å². The average Bonchev–Trinajstić information content (AvgIpc) is 2.06. The Morgan fingerprint density at radius 2 is 2.33 bits per heavy atom. The molecule has 0 aliphatic carbocycles. The zero-order valence-corrected chi connectivity index (χ0v) is 7.12. The van der Waals surface area contributed by atoms with Crippen molar-refractivity contribution in [2.75, 3.05) is 13.2 Å². The molecule has 0 saturated carbocycles. The molecule has 1 aliphatic rings. The molecule has 0 spiro atoms. The van der Waals surface area contributed by atoms with Crippen molar-refractivity contribution >= 4 is 5.91 Å². The van der Waals surface area contributed by atoms with Crippen LogP contribution in [-0.2, 0) is 4.79 Å². The molecule has 2 atom stereocenters.